The van der Waals surface area contributed by atoms with Gasteiger partial charge < -0.3 is 15.2 Å². The lowest BCUT2D eigenvalue weighted by Crippen LogP contribution is -2.51. The Balaban J connectivity index is 0.00000210. The van der Waals surface area contributed by atoms with E-state index in [4.69, 9.17) is 0 Å². The standard InChI is InChI=1S/C21H25N3O2.ClH/c25-20-6-5-16(13-23-20)11-15-7-9-24(10-8-15)21(26)19-12-17-3-1-2-4-18(17)14-22-19;/h1-6,13,15,19,22H,7-12,14H2,(H,23,25);1H/t19-;/m1./s1. The Hall–Kier alpha value is -2.11. The summed E-state index contributed by atoms with van der Waals surface area (Å²) >= 11 is 0. The van der Waals surface area contributed by atoms with Crippen LogP contribution in [0.4, 0.5) is 0 Å². The number of nitrogens with one attached hydrogen (secondary N) is 2. The number of amides is 1. The van der Waals surface area contributed by atoms with Gasteiger partial charge in [0, 0.05) is 31.9 Å². The molecular formula is C21H26ClN3O2. The van der Waals surface area contributed by atoms with Gasteiger partial charge in [-0.3, -0.25) is 9.59 Å². The summed E-state index contributed by atoms with van der Waals surface area (Å²) in [4.78, 5) is 28.8. The first-order chi connectivity index (χ1) is 12.7. The van der Waals surface area contributed by atoms with Crippen molar-refractivity contribution >= 4 is 18.3 Å². The summed E-state index contributed by atoms with van der Waals surface area (Å²) in [5.74, 6) is 0.812. The number of pyridine rings is 1. The van der Waals surface area contributed by atoms with Gasteiger partial charge in [-0.2, -0.15) is 0 Å². The molecule has 1 saturated heterocycles. The van der Waals surface area contributed by atoms with E-state index >= 15 is 0 Å². The average Bonchev–Trinajstić information content (AvgIpc) is 2.69. The van der Waals surface area contributed by atoms with Crippen molar-refractivity contribution in [3.05, 3.63) is 69.6 Å². The number of aromatic nitrogens is 1. The minimum atomic E-state index is -0.0966. The van der Waals surface area contributed by atoms with E-state index < -0.39 is 0 Å². The van der Waals surface area contributed by atoms with Gasteiger partial charge in [0.25, 0.3) is 0 Å². The van der Waals surface area contributed by atoms with Crippen LogP contribution >= 0.6 is 12.4 Å². The van der Waals surface area contributed by atoms with Crippen molar-refractivity contribution in [1.29, 1.82) is 0 Å². The highest BCUT2D eigenvalue weighted by Crippen LogP contribution is 2.23. The lowest BCUT2D eigenvalue weighted by atomic mass is 9.89. The third-order valence-electron chi connectivity index (χ3n) is 5.68. The minimum absolute atomic E-state index is 0. The molecule has 0 unspecified atom stereocenters. The third kappa shape index (κ3) is 4.60. The Morgan fingerprint density at radius 2 is 1.81 bits per heavy atom. The van der Waals surface area contributed by atoms with E-state index in [9.17, 15) is 9.59 Å². The quantitative estimate of drug-likeness (QED) is 0.849. The fourth-order valence-electron chi connectivity index (χ4n) is 4.11. The topological polar surface area (TPSA) is 65.2 Å². The SMILES string of the molecule is Cl.O=C([C@H]1Cc2ccccc2CN1)N1CCC(Cc2ccc(=O)[nH]c2)CC1. The molecule has 0 spiro atoms. The summed E-state index contributed by atoms with van der Waals surface area (Å²) in [6, 6.07) is 11.8. The van der Waals surface area contributed by atoms with E-state index in [2.05, 4.69) is 28.5 Å². The molecule has 6 heteroatoms. The molecule has 1 fully saturated rings. The van der Waals surface area contributed by atoms with Gasteiger partial charge in [0.1, 0.15) is 0 Å². The molecule has 0 bridgehead atoms. The van der Waals surface area contributed by atoms with Crippen LogP contribution in [0.3, 0.4) is 0 Å². The van der Waals surface area contributed by atoms with Crippen LogP contribution in [-0.4, -0.2) is 34.9 Å². The number of halogens is 1. The minimum Gasteiger partial charge on any atom is -0.341 e. The van der Waals surface area contributed by atoms with E-state index in [-0.39, 0.29) is 29.9 Å². The van der Waals surface area contributed by atoms with Crippen molar-refractivity contribution in [2.24, 2.45) is 5.92 Å². The summed E-state index contributed by atoms with van der Waals surface area (Å²) in [7, 11) is 0. The van der Waals surface area contributed by atoms with E-state index in [1.807, 2.05) is 23.2 Å². The average molecular weight is 388 g/mol. The zero-order valence-electron chi connectivity index (χ0n) is 15.3. The predicted octanol–water partition coefficient (Wildman–Crippen LogP) is 2.29. The Morgan fingerprint density at radius 3 is 2.52 bits per heavy atom. The van der Waals surface area contributed by atoms with Crippen LogP contribution in [0.2, 0.25) is 0 Å². The molecule has 2 N–H and O–H groups in total. The van der Waals surface area contributed by atoms with E-state index in [1.54, 1.807) is 6.07 Å². The molecule has 0 radical (unpaired) electrons. The van der Waals surface area contributed by atoms with Crippen LogP contribution in [0.1, 0.15) is 29.5 Å². The molecule has 1 aromatic carbocycles. The summed E-state index contributed by atoms with van der Waals surface area (Å²) in [5, 5.41) is 3.40. The van der Waals surface area contributed by atoms with Crippen LogP contribution in [-0.2, 0) is 24.2 Å². The maximum absolute atomic E-state index is 12.9. The van der Waals surface area contributed by atoms with Gasteiger partial charge >= 0.3 is 0 Å². The zero-order chi connectivity index (χ0) is 17.9. The monoisotopic (exact) mass is 387 g/mol. The highest BCUT2D eigenvalue weighted by atomic mass is 35.5. The van der Waals surface area contributed by atoms with Crippen molar-refractivity contribution in [2.75, 3.05) is 13.1 Å². The van der Waals surface area contributed by atoms with Crippen molar-refractivity contribution < 1.29 is 4.79 Å². The number of fused-ring (bicyclic) bond motifs is 1. The molecule has 2 aliphatic heterocycles. The number of hydrogen-bond donors (Lipinski definition) is 2. The molecule has 0 aliphatic carbocycles. The number of likely N-dealkylation sites (tertiary alicyclic amines) is 1. The number of rotatable bonds is 3. The van der Waals surface area contributed by atoms with Gasteiger partial charge in [-0.15, -0.1) is 12.4 Å². The second-order valence-electron chi connectivity index (χ2n) is 7.44. The molecular weight excluding hydrogens is 362 g/mol. The lowest BCUT2D eigenvalue weighted by Gasteiger charge is -2.36. The maximum atomic E-state index is 12.9. The Labute approximate surface area is 165 Å². The molecule has 27 heavy (non-hydrogen) atoms. The van der Waals surface area contributed by atoms with Gasteiger partial charge in [0.2, 0.25) is 11.5 Å². The van der Waals surface area contributed by atoms with Gasteiger partial charge in [-0.05, 0) is 48.3 Å². The fraction of sp³-hybridized carbons (Fsp3) is 0.429. The number of H-pyrrole nitrogens is 1. The predicted molar refractivity (Wildman–Crippen MR) is 108 cm³/mol. The van der Waals surface area contributed by atoms with Crippen LogP contribution in [0.5, 0.6) is 0 Å². The molecule has 5 nitrogen and oxygen atoms in total. The Morgan fingerprint density at radius 1 is 1.07 bits per heavy atom. The molecule has 1 aromatic heterocycles. The normalized spacial score (nSPS) is 19.9. The fourth-order valence-corrected chi connectivity index (χ4v) is 4.11. The first kappa shape index (κ1) is 19.6. The van der Waals surface area contributed by atoms with E-state index in [0.717, 1.165) is 45.3 Å². The number of aromatic amines is 1. The van der Waals surface area contributed by atoms with E-state index in [0.29, 0.717) is 5.92 Å². The van der Waals surface area contributed by atoms with E-state index in [1.165, 1.54) is 16.7 Å². The Bertz CT molecular complexity index is 823. The molecule has 144 valence electrons. The smallest absolute Gasteiger partial charge is 0.247 e. The molecule has 2 aromatic rings. The third-order valence-corrected chi connectivity index (χ3v) is 5.68. The van der Waals surface area contributed by atoms with Gasteiger partial charge in [0.05, 0.1) is 6.04 Å². The Kier molecular flexibility index (Phi) is 6.34. The summed E-state index contributed by atoms with van der Waals surface area (Å²) in [5.41, 5.74) is 3.70. The molecule has 3 heterocycles. The zero-order valence-corrected chi connectivity index (χ0v) is 16.1. The van der Waals surface area contributed by atoms with Crippen molar-refractivity contribution in [3.8, 4) is 0 Å². The first-order valence-corrected chi connectivity index (χ1v) is 9.45. The van der Waals surface area contributed by atoms with Crippen LogP contribution < -0.4 is 10.9 Å². The van der Waals surface area contributed by atoms with Gasteiger partial charge in [0.15, 0.2) is 0 Å². The second-order valence-corrected chi connectivity index (χ2v) is 7.44. The molecule has 1 atom stereocenters. The summed E-state index contributed by atoms with van der Waals surface area (Å²) in [6.45, 7) is 2.43. The summed E-state index contributed by atoms with van der Waals surface area (Å²) < 4.78 is 0. The van der Waals surface area contributed by atoms with Gasteiger partial charge in [-0.1, -0.05) is 30.3 Å². The second kappa shape index (κ2) is 8.72. The molecule has 4 rings (SSSR count). The van der Waals surface area contributed by atoms with Crippen molar-refractivity contribution in [1.82, 2.24) is 15.2 Å². The maximum Gasteiger partial charge on any atom is 0.247 e. The largest absolute Gasteiger partial charge is 0.341 e. The van der Waals surface area contributed by atoms with Gasteiger partial charge in [-0.25, -0.2) is 0 Å². The highest BCUT2D eigenvalue weighted by Gasteiger charge is 2.30. The number of hydrogen-bond acceptors (Lipinski definition) is 3. The van der Waals surface area contributed by atoms with Crippen LogP contribution in [0.25, 0.3) is 0 Å². The molecule has 2 aliphatic rings. The van der Waals surface area contributed by atoms with Crippen LogP contribution in [0, 0.1) is 5.92 Å². The lowest BCUT2D eigenvalue weighted by molar-refractivity contribution is -0.135. The van der Waals surface area contributed by atoms with Crippen molar-refractivity contribution in [3.63, 3.8) is 0 Å². The number of benzene rings is 1. The number of carbonyl (C=O) groups is 1. The van der Waals surface area contributed by atoms with Crippen molar-refractivity contribution in [2.45, 2.75) is 38.3 Å². The number of piperidine rings is 1. The first-order valence-electron chi connectivity index (χ1n) is 9.45. The number of carbonyl (C=O) groups excluding carboxylic acids is 1. The molecule has 0 saturated carbocycles. The number of nitrogens with zero attached hydrogens (tertiary/aromatic N) is 1. The summed E-state index contributed by atoms with van der Waals surface area (Å²) in [6.07, 6.45) is 5.60. The highest BCUT2D eigenvalue weighted by molar-refractivity contribution is 5.85. The van der Waals surface area contributed by atoms with Crippen LogP contribution in [0.15, 0.2) is 47.4 Å². The molecule has 1 amide bonds.